The minimum absolute atomic E-state index is 0.0607. The summed E-state index contributed by atoms with van der Waals surface area (Å²) in [6, 6.07) is 4.76. The summed E-state index contributed by atoms with van der Waals surface area (Å²) in [4.78, 5) is 2.00. The molecule has 0 saturated carbocycles. The van der Waals surface area contributed by atoms with Gasteiger partial charge in [-0.3, -0.25) is 0 Å². The van der Waals surface area contributed by atoms with Gasteiger partial charge in [0, 0.05) is 24.3 Å². The molecule has 1 unspecified atom stereocenters. The van der Waals surface area contributed by atoms with Crippen molar-refractivity contribution in [3.63, 3.8) is 0 Å². The number of nitrogens with zero attached hydrogens (tertiary/aromatic N) is 1. The van der Waals surface area contributed by atoms with E-state index in [4.69, 9.17) is 18.0 Å². The Balaban J connectivity index is 2.24. The van der Waals surface area contributed by atoms with E-state index in [2.05, 4.69) is 0 Å². The predicted octanol–water partition coefficient (Wildman–Crippen LogP) is 1.03. The van der Waals surface area contributed by atoms with Crippen molar-refractivity contribution in [1.29, 1.82) is 0 Å². The lowest BCUT2D eigenvalue weighted by molar-refractivity contribution is 0.198. The van der Waals surface area contributed by atoms with Crippen LogP contribution < -0.4 is 10.6 Å². The van der Waals surface area contributed by atoms with E-state index in [-0.39, 0.29) is 16.7 Å². The van der Waals surface area contributed by atoms with Crippen molar-refractivity contribution in [2.75, 3.05) is 18.0 Å². The van der Waals surface area contributed by atoms with Crippen molar-refractivity contribution in [2.24, 2.45) is 5.73 Å². The minimum atomic E-state index is -0.411. The highest BCUT2D eigenvalue weighted by Crippen LogP contribution is 2.22. The number of benzene rings is 1. The Hall–Kier alpha value is -1.20. The van der Waals surface area contributed by atoms with Gasteiger partial charge in [0.2, 0.25) is 0 Å². The second-order valence-corrected chi connectivity index (χ2v) is 4.36. The molecule has 0 amide bonds. The third-order valence-corrected chi connectivity index (χ3v) is 2.97. The molecule has 1 saturated heterocycles. The van der Waals surface area contributed by atoms with Gasteiger partial charge in [-0.1, -0.05) is 12.2 Å². The van der Waals surface area contributed by atoms with Crippen LogP contribution in [-0.4, -0.2) is 29.3 Å². The summed E-state index contributed by atoms with van der Waals surface area (Å²) < 4.78 is 13.6. The van der Waals surface area contributed by atoms with Gasteiger partial charge in [-0.05, 0) is 24.6 Å². The van der Waals surface area contributed by atoms with Crippen LogP contribution in [0.25, 0.3) is 0 Å². The molecule has 1 fully saturated rings. The summed E-state index contributed by atoms with van der Waals surface area (Å²) >= 11 is 4.73. The van der Waals surface area contributed by atoms with Crippen molar-refractivity contribution in [2.45, 2.75) is 12.5 Å². The average Bonchev–Trinajstić information content (AvgIpc) is 2.64. The molecular formula is C11H13FN2OS. The first-order chi connectivity index (χ1) is 7.58. The zero-order valence-corrected chi connectivity index (χ0v) is 9.51. The van der Waals surface area contributed by atoms with Crippen LogP contribution in [-0.2, 0) is 0 Å². The van der Waals surface area contributed by atoms with Gasteiger partial charge in [0.15, 0.2) is 0 Å². The highest BCUT2D eigenvalue weighted by Gasteiger charge is 2.21. The molecule has 5 heteroatoms. The molecule has 3 N–H and O–H groups in total. The van der Waals surface area contributed by atoms with E-state index < -0.39 is 5.82 Å². The number of nitrogens with two attached hydrogens (primary N) is 1. The fourth-order valence-electron chi connectivity index (χ4n) is 1.88. The third-order valence-electron chi connectivity index (χ3n) is 2.75. The normalized spacial score (nSPS) is 20.1. The number of halogens is 1. The van der Waals surface area contributed by atoms with Gasteiger partial charge in [0.1, 0.15) is 10.8 Å². The molecule has 3 nitrogen and oxygen atoms in total. The van der Waals surface area contributed by atoms with Crippen molar-refractivity contribution >= 4 is 22.9 Å². The molecule has 0 spiro atoms. The Bertz CT molecular complexity index is 424. The van der Waals surface area contributed by atoms with Gasteiger partial charge in [-0.15, -0.1) is 0 Å². The van der Waals surface area contributed by atoms with Gasteiger partial charge in [0.05, 0.1) is 6.10 Å². The standard InChI is InChI=1S/C11H13FN2OS/c12-10-5-7(1-2-9(10)11(13)16)14-4-3-8(15)6-14/h1-2,5,8,15H,3-4,6H2,(H2,13,16). The number of anilines is 1. The molecule has 86 valence electrons. The largest absolute Gasteiger partial charge is 0.391 e. The first-order valence-electron chi connectivity index (χ1n) is 5.10. The number of hydrogen-bond acceptors (Lipinski definition) is 3. The molecule has 1 aromatic rings. The lowest BCUT2D eigenvalue weighted by atomic mass is 10.2. The summed E-state index contributed by atoms with van der Waals surface area (Å²) in [6.45, 7) is 1.29. The molecular weight excluding hydrogens is 227 g/mol. The first kappa shape index (κ1) is 11.3. The molecule has 0 aliphatic carbocycles. The van der Waals surface area contributed by atoms with E-state index in [1.54, 1.807) is 12.1 Å². The molecule has 0 radical (unpaired) electrons. The number of β-amino-alcohol motifs (C(OH)–C–C–N with tert-alkyl or cyclic N) is 1. The van der Waals surface area contributed by atoms with E-state index in [1.807, 2.05) is 4.90 Å². The Labute approximate surface area is 98.7 Å². The summed E-state index contributed by atoms with van der Waals surface area (Å²) in [5, 5.41) is 9.40. The smallest absolute Gasteiger partial charge is 0.135 e. The zero-order chi connectivity index (χ0) is 11.7. The van der Waals surface area contributed by atoms with E-state index in [0.717, 1.165) is 18.7 Å². The van der Waals surface area contributed by atoms with Crippen LogP contribution in [0.3, 0.4) is 0 Å². The van der Waals surface area contributed by atoms with Crippen LogP contribution in [0, 0.1) is 5.82 Å². The van der Waals surface area contributed by atoms with Crippen molar-refractivity contribution in [3.8, 4) is 0 Å². The lowest BCUT2D eigenvalue weighted by Gasteiger charge is -2.18. The second kappa shape index (κ2) is 4.35. The Kier molecular flexibility index (Phi) is 3.07. The quantitative estimate of drug-likeness (QED) is 0.758. The van der Waals surface area contributed by atoms with Gasteiger partial charge in [-0.2, -0.15) is 0 Å². The van der Waals surface area contributed by atoms with Crippen LogP contribution in [0.5, 0.6) is 0 Å². The number of thiocarbonyl (C=S) groups is 1. The SMILES string of the molecule is NC(=S)c1ccc(N2CCC(O)C2)cc1F. The fourth-order valence-corrected chi connectivity index (χ4v) is 2.04. The van der Waals surface area contributed by atoms with Crippen molar-refractivity contribution in [1.82, 2.24) is 0 Å². The maximum Gasteiger partial charge on any atom is 0.135 e. The molecule has 16 heavy (non-hydrogen) atoms. The van der Waals surface area contributed by atoms with Gasteiger partial charge >= 0.3 is 0 Å². The van der Waals surface area contributed by atoms with Crippen LogP contribution >= 0.6 is 12.2 Å². The molecule has 0 bridgehead atoms. The van der Waals surface area contributed by atoms with E-state index in [0.29, 0.717) is 6.54 Å². The maximum absolute atomic E-state index is 13.6. The van der Waals surface area contributed by atoms with Crippen LogP contribution in [0.2, 0.25) is 0 Å². The minimum Gasteiger partial charge on any atom is -0.391 e. The van der Waals surface area contributed by atoms with Crippen LogP contribution in [0.15, 0.2) is 18.2 Å². The summed E-state index contributed by atoms with van der Waals surface area (Å²) in [5.74, 6) is -0.411. The molecule has 1 heterocycles. The molecule has 2 rings (SSSR count). The second-order valence-electron chi connectivity index (χ2n) is 3.92. The van der Waals surface area contributed by atoms with Crippen molar-refractivity contribution < 1.29 is 9.50 Å². The van der Waals surface area contributed by atoms with E-state index in [9.17, 15) is 9.50 Å². The number of hydrogen-bond donors (Lipinski definition) is 2. The summed E-state index contributed by atoms with van der Waals surface area (Å²) in [7, 11) is 0. The van der Waals surface area contributed by atoms with Gasteiger partial charge < -0.3 is 15.7 Å². The average molecular weight is 240 g/mol. The van der Waals surface area contributed by atoms with Crippen molar-refractivity contribution in [3.05, 3.63) is 29.6 Å². The van der Waals surface area contributed by atoms with Gasteiger partial charge in [-0.25, -0.2) is 4.39 Å². The Morgan fingerprint density at radius 3 is 2.81 bits per heavy atom. The Morgan fingerprint density at radius 2 is 2.31 bits per heavy atom. The fraction of sp³-hybridized carbons (Fsp3) is 0.364. The predicted molar refractivity (Wildman–Crippen MR) is 65.1 cm³/mol. The molecule has 0 aromatic heterocycles. The summed E-state index contributed by atoms with van der Waals surface area (Å²) in [6.07, 6.45) is 0.400. The lowest BCUT2D eigenvalue weighted by Crippen LogP contribution is -2.21. The monoisotopic (exact) mass is 240 g/mol. The van der Waals surface area contributed by atoms with Gasteiger partial charge in [0.25, 0.3) is 0 Å². The highest BCUT2D eigenvalue weighted by atomic mass is 32.1. The van der Waals surface area contributed by atoms with Crippen LogP contribution in [0.1, 0.15) is 12.0 Å². The summed E-state index contributed by atoms with van der Waals surface area (Å²) in [5.41, 5.74) is 6.40. The molecule has 1 aromatic carbocycles. The molecule has 1 aliphatic rings. The highest BCUT2D eigenvalue weighted by molar-refractivity contribution is 7.80. The van der Waals surface area contributed by atoms with E-state index >= 15 is 0 Å². The number of rotatable bonds is 2. The first-order valence-corrected chi connectivity index (χ1v) is 5.51. The molecule has 1 aliphatic heterocycles. The third kappa shape index (κ3) is 2.15. The zero-order valence-electron chi connectivity index (χ0n) is 8.69. The number of aliphatic hydroxyl groups is 1. The topological polar surface area (TPSA) is 49.5 Å². The number of aliphatic hydroxyl groups excluding tert-OH is 1. The Morgan fingerprint density at radius 1 is 1.56 bits per heavy atom. The van der Waals surface area contributed by atoms with Crippen LogP contribution in [0.4, 0.5) is 10.1 Å². The molecule has 1 atom stereocenters. The van der Waals surface area contributed by atoms with E-state index in [1.165, 1.54) is 6.07 Å². The maximum atomic E-state index is 13.6.